The molecule has 4 rings (SSSR count). The van der Waals surface area contributed by atoms with Gasteiger partial charge >= 0.3 is 0 Å². The molecule has 0 amide bonds. The molecular weight excluding hydrogens is 258 g/mol. The quantitative estimate of drug-likeness (QED) is 0.821. The van der Waals surface area contributed by atoms with Crippen LogP contribution in [0.15, 0.2) is 48.5 Å². The molecule has 2 aromatic rings. The van der Waals surface area contributed by atoms with Crippen molar-refractivity contribution < 1.29 is 4.74 Å². The van der Waals surface area contributed by atoms with E-state index in [1.807, 2.05) is 0 Å². The van der Waals surface area contributed by atoms with Crippen LogP contribution >= 0.6 is 0 Å². The van der Waals surface area contributed by atoms with Gasteiger partial charge in [-0.05, 0) is 48.1 Å². The van der Waals surface area contributed by atoms with E-state index < -0.39 is 0 Å². The van der Waals surface area contributed by atoms with Crippen molar-refractivity contribution in [2.45, 2.75) is 37.9 Å². The van der Waals surface area contributed by atoms with Crippen LogP contribution in [0.3, 0.4) is 0 Å². The Morgan fingerprint density at radius 2 is 1.57 bits per heavy atom. The first-order valence-electron chi connectivity index (χ1n) is 7.84. The maximum atomic E-state index is 5.25. The van der Waals surface area contributed by atoms with Crippen LogP contribution in [0.2, 0.25) is 0 Å². The highest BCUT2D eigenvalue weighted by molar-refractivity contribution is 5.39. The van der Waals surface area contributed by atoms with Gasteiger partial charge in [0.15, 0.2) is 0 Å². The van der Waals surface area contributed by atoms with E-state index in [0.717, 1.165) is 12.3 Å². The molecule has 0 aliphatic carbocycles. The molecule has 2 bridgehead atoms. The zero-order valence-corrected chi connectivity index (χ0v) is 12.5. The molecule has 2 unspecified atom stereocenters. The van der Waals surface area contributed by atoms with Gasteiger partial charge in [-0.25, -0.2) is 0 Å². The fourth-order valence-electron chi connectivity index (χ4n) is 4.00. The molecule has 0 radical (unpaired) electrons. The van der Waals surface area contributed by atoms with E-state index in [9.17, 15) is 0 Å². The summed E-state index contributed by atoms with van der Waals surface area (Å²) in [6.07, 6.45) is 3.94. The minimum Gasteiger partial charge on any atom is -0.497 e. The molecule has 2 heteroatoms. The van der Waals surface area contributed by atoms with Gasteiger partial charge in [-0.3, -0.25) is 4.90 Å². The molecule has 1 saturated heterocycles. The van der Waals surface area contributed by atoms with Gasteiger partial charge < -0.3 is 4.74 Å². The number of piperidine rings is 1. The van der Waals surface area contributed by atoms with Crippen LogP contribution in [-0.2, 0) is 6.54 Å². The Hall–Kier alpha value is -1.80. The molecule has 2 aliphatic heterocycles. The summed E-state index contributed by atoms with van der Waals surface area (Å²) < 4.78 is 5.25. The molecule has 2 aromatic carbocycles. The second-order valence-corrected chi connectivity index (χ2v) is 6.11. The third kappa shape index (κ3) is 2.14. The third-order valence-corrected chi connectivity index (χ3v) is 4.99. The number of ether oxygens (including phenoxy) is 1. The summed E-state index contributed by atoms with van der Waals surface area (Å²) in [6.45, 7) is 1.04. The fourth-order valence-corrected chi connectivity index (χ4v) is 4.00. The lowest BCUT2D eigenvalue weighted by Crippen LogP contribution is -2.29. The van der Waals surface area contributed by atoms with E-state index in [2.05, 4.69) is 53.4 Å². The molecule has 0 spiro atoms. The van der Waals surface area contributed by atoms with E-state index in [-0.39, 0.29) is 0 Å². The van der Waals surface area contributed by atoms with Crippen molar-refractivity contribution in [3.8, 4) is 5.75 Å². The van der Waals surface area contributed by atoms with Crippen LogP contribution in [0.5, 0.6) is 5.75 Å². The number of methoxy groups -OCH3 is 1. The summed E-state index contributed by atoms with van der Waals surface area (Å²) in [6, 6.07) is 18.8. The zero-order chi connectivity index (χ0) is 14.2. The maximum Gasteiger partial charge on any atom is 0.118 e. The Labute approximate surface area is 126 Å². The minimum atomic E-state index is 0.613. The molecule has 2 heterocycles. The Balaban J connectivity index is 1.61. The standard InChI is InChI=1S/C19H21NO/c1-21-15-11-9-14(10-12-15)13-20-18-7-4-8-19(20)17-6-3-2-5-16(17)18/h2-3,5-6,9-12,18-19H,4,7-8,13H2,1H3. The topological polar surface area (TPSA) is 12.5 Å². The first-order chi connectivity index (χ1) is 10.4. The molecule has 2 atom stereocenters. The second-order valence-electron chi connectivity index (χ2n) is 6.11. The third-order valence-electron chi connectivity index (χ3n) is 4.99. The van der Waals surface area contributed by atoms with E-state index in [4.69, 9.17) is 4.74 Å². The average Bonchev–Trinajstić information content (AvgIpc) is 2.71. The van der Waals surface area contributed by atoms with Crippen molar-refractivity contribution in [2.75, 3.05) is 7.11 Å². The van der Waals surface area contributed by atoms with E-state index in [0.29, 0.717) is 12.1 Å². The van der Waals surface area contributed by atoms with Gasteiger partial charge in [0.2, 0.25) is 0 Å². The summed E-state index contributed by atoms with van der Waals surface area (Å²) in [7, 11) is 1.72. The molecule has 21 heavy (non-hydrogen) atoms. The van der Waals surface area contributed by atoms with E-state index >= 15 is 0 Å². The predicted octanol–water partition coefficient (Wildman–Crippen LogP) is 4.48. The molecule has 1 fully saturated rings. The molecular formula is C19H21NO. The van der Waals surface area contributed by atoms with Crippen molar-refractivity contribution in [3.05, 3.63) is 65.2 Å². The lowest BCUT2D eigenvalue weighted by atomic mass is 9.99. The zero-order valence-electron chi connectivity index (χ0n) is 12.5. The Bertz CT molecular complexity index is 603. The van der Waals surface area contributed by atoms with Crippen molar-refractivity contribution in [2.24, 2.45) is 0 Å². The molecule has 0 saturated carbocycles. The van der Waals surface area contributed by atoms with E-state index in [1.165, 1.54) is 24.8 Å². The van der Waals surface area contributed by atoms with Gasteiger partial charge in [-0.2, -0.15) is 0 Å². The first kappa shape index (κ1) is 12.9. The van der Waals surface area contributed by atoms with Crippen LogP contribution in [-0.4, -0.2) is 12.0 Å². The van der Waals surface area contributed by atoms with Gasteiger partial charge in [-0.15, -0.1) is 0 Å². The average molecular weight is 279 g/mol. The van der Waals surface area contributed by atoms with Gasteiger partial charge in [0.1, 0.15) is 5.75 Å². The molecule has 0 N–H and O–H groups in total. The minimum absolute atomic E-state index is 0.613. The SMILES string of the molecule is COc1ccc(CN2C3CCCC2c2ccccc23)cc1. The van der Waals surface area contributed by atoms with Crippen LogP contribution in [0.4, 0.5) is 0 Å². The van der Waals surface area contributed by atoms with Crippen molar-refractivity contribution in [3.63, 3.8) is 0 Å². The largest absolute Gasteiger partial charge is 0.497 e. The number of nitrogens with zero attached hydrogens (tertiary/aromatic N) is 1. The molecule has 2 aliphatic rings. The van der Waals surface area contributed by atoms with Crippen molar-refractivity contribution in [1.82, 2.24) is 4.90 Å². The number of hydrogen-bond donors (Lipinski definition) is 0. The summed E-state index contributed by atoms with van der Waals surface area (Å²) in [4.78, 5) is 2.69. The van der Waals surface area contributed by atoms with Crippen molar-refractivity contribution >= 4 is 0 Å². The van der Waals surface area contributed by atoms with Gasteiger partial charge in [0, 0.05) is 18.6 Å². The van der Waals surface area contributed by atoms with Gasteiger partial charge in [0.25, 0.3) is 0 Å². The Morgan fingerprint density at radius 3 is 2.14 bits per heavy atom. The smallest absolute Gasteiger partial charge is 0.118 e. The second kappa shape index (κ2) is 5.19. The first-order valence-corrected chi connectivity index (χ1v) is 7.84. The fraction of sp³-hybridized carbons (Fsp3) is 0.368. The predicted molar refractivity (Wildman–Crippen MR) is 84.3 cm³/mol. The highest BCUT2D eigenvalue weighted by Crippen LogP contribution is 2.50. The number of benzene rings is 2. The van der Waals surface area contributed by atoms with Gasteiger partial charge in [-0.1, -0.05) is 36.4 Å². The molecule has 0 aromatic heterocycles. The maximum absolute atomic E-state index is 5.25. The van der Waals surface area contributed by atoms with Crippen LogP contribution < -0.4 is 4.74 Å². The summed E-state index contributed by atoms with van der Waals surface area (Å²) in [5, 5.41) is 0. The highest BCUT2D eigenvalue weighted by Gasteiger charge is 2.40. The van der Waals surface area contributed by atoms with Gasteiger partial charge in [0.05, 0.1) is 7.11 Å². The summed E-state index contributed by atoms with van der Waals surface area (Å²) >= 11 is 0. The van der Waals surface area contributed by atoms with Crippen LogP contribution in [0, 0.1) is 0 Å². The number of rotatable bonds is 3. The van der Waals surface area contributed by atoms with Crippen LogP contribution in [0.25, 0.3) is 0 Å². The lowest BCUT2D eigenvalue weighted by molar-refractivity contribution is 0.100. The molecule has 108 valence electrons. The number of fused-ring (bicyclic) bond motifs is 5. The molecule has 2 nitrogen and oxygen atoms in total. The summed E-state index contributed by atoms with van der Waals surface area (Å²) in [5.74, 6) is 0.934. The van der Waals surface area contributed by atoms with Crippen molar-refractivity contribution in [1.29, 1.82) is 0 Å². The Kier molecular flexibility index (Phi) is 3.19. The highest BCUT2D eigenvalue weighted by atomic mass is 16.5. The number of hydrogen-bond acceptors (Lipinski definition) is 2. The summed E-state index contributed by atoms with van der Waals surface area (Å²) in [5.41, 5.74) is 4.50. The monoisotopic (exact) mass is 279 g/mol. The normalized spacial score (nSPS) is 23.9. The lowest BCUT2D eigenvalue weighted by Gasteiger charge is -2.35. The van der Waals surface area contributed by atoms with Crippen LogP contribution in [0.1, 0.15) is 48.0 Å². The van der Waals surface area contributed by atoms with E-state index in [1.54, 1.807) is 18.2 Å². The Morgan fingerprint density at radius 1 is 0.952 bits per heavy atom.